The molecule has 5 heteroatoms. The van der Waals surface area contributed by atoms with Crippen LogP contribution in [0.4, 0.5) is 0 Å². The molecule has 5 nitrogen and oxygen atoms in total. The lowest BCUT2D eigenvalue weighted by Gasteiger charge is -1.88. The first-order valence-corrected chi connectivity index (χ1v) is 3.08. The average molecular weight is 170 g/mol. The van der Waals surface area contributed by atoms with Gasteiger partial charge in [-0.3, -0.25) is 10.2 Å². The second kappa shape index (κ2) is 5.99. The zero-order chi connectivity index (χ0) is 9.40. The van der Waals surface area contributed by atoms with E-state index in [2.05, 4.69) is 5.84 Å². The van der Waals surface area contributed by atoms with Gasteiger partial charge in [0.25, 0.3) is 0 Å². The summed E-state index contributed by atoms with van der Waals surface area (Å²) in [6.07, 6.45) is 0.403. The third kappa shape index (κ3) is 5.07. The van der Waals surface area contributed by atoms with Crippen LogP contribution in [0.25, 0.3) is 0 Å². The Morgan fingerprint density at radius 3 is 1.58 bits per heavy atom. The smallest absolute Gasteiger partial charge is 0.221 e. The van der Waals surface area contributed by atoms with Gasteiger partial charge >= 0.3 is 0 Å². The molecule has 0 saturated carbocycles. The highest BCUT2D eigenvalue weighted by molar-refractivity contribution is 5.44. The molecule has 1 aromatic rings. The highest BCUT2D eigenvalue weighted by Gasteiger charge is 1.84. The van der Waals surface area contributed by atoms with Gasteiger partial charge in [-0.1, -0.05) is 0 Å². The molecular weight excluding hydrogens is 160 g/mol. The minimum atomic E-state index is 0.169. The lowest BCUT2D eigenvalue weighted by Crippen LogP contribution is -2.18. The van der Waals surface area contributed by atoms with Crippen LogP contribution in [0.2, 0.25) is 0 Å². The number of phenols is 2. The molecule has 0 fully saturated rings. The van der Waals surface area contributed by atoms with E-state index < -0.39 is 0 Å². The van der Waals surface area contributed by atoms with Gasteiger partial charge in [-0.25, -0.2) is 5.84 Å². The molecule has 0 radical (unpaired) electrons. The number of nitrogens with two attached hydrogens (primary N) is 1. The second-order valence-corrected chi connectivity index (χ2v) is 1.80. The normalized spacial score (nSPS) is 7.75. The molecule has 0 aliphatic rings. The van der Waals surface area contributed by atoms with Crippen LogP contribution in [0.3, 0.4) is 0 Å². The minimum absolute atomic E-state index is 0.169. The Kier molecular flexibility index (Phi) is 5.12. The predicted octanol–water partition coefficient (Wildman–Crippen LogP) is -0.296. The van der Waals surface area contributed by atoms with Crippen LogP contribution in [0.5, 0.6) is 11.5 Å². The van der Waals surface area contributed by atoms with Crippen molar-refractivity contribution in [2.24, 2.45) is 5.84 Å². The number of hydrazine groups is 1. The Morgan fingerprint density at radius 1 is 1.17 bits per heavy atom. The molecule has 0 aliphatic carbocycles. The SMILES string of the molecule is NNC=O.Oc1ccc(O)cc1. The molecule has 0 heterocycles. The summed E-state index contributed by atoms with van der Waals surface area (Å²) in [5.41, 5.74) is 1.75. The van der Waals surface area contributed by atoms with Crippen molar-refractivity contribution in [1.82, 2.24) is 5.43 Å². The van der Waals surface area contributed by atoms with Gasteiger partial charge in [0.15, 0.2) is 0 Å². The molecule has 0 aromatic heterocycles. The van der Waals surface area contributed by atoms with Gasteiger partial charge in [0.2, 0.25) is 6.41 Å². The molecule has 0 unspecified atom stereocenters. The number of amides is 1. The number of aromatic hydroxyl groups is 2. The molecule has 1 amide bonds. The summed E-state index contributed by atoms with van der Waals surface area (Å²) < 4.78 is 0. The molecule has 1 rings (SSSR count). The first kappa shape index (κ1) is 10.2. The van der Waals surface area contributed by atoms with Crippen LogP contribution in [-0.4, -0.2) is 16.6 Å². The van der Waals surface area contributed by atoms with E-state index in [0.717, 1.165) is 0 Å². The summed E-state index contributed by atoms with van der Waals surface area (Å²) in [4.78, 5) is 8.94. The molecule has 0 saturated heterocycles. The van der Waals surface area contributed by atoms with Gasteiger partial charge in [-0.15, -0.1) is 0 Å². The Morgan fingerprint density at radius 2 is 1.42 bits per heavy atom. The third-order valence-electron chi connectivity index (χ3n) is 0.918. The summed E-state index contributed by atoms with van der Waals surface area (Å²) in [5.74, 6) is 4.75. The molecule has 0 bridgehead atoms. The highest BCUT2D eigenvalue weighted by atomic mass is 16.3. The standard InChI is InChI=1S/C6H6O2.CH4N2O/c7-5-1-2-6(8)4-3-5;2-3-1-4/h1-4,7-8H;1H,2H2,(H,3,4). The van der Waals surface area contributed by atoms with E-state index in [1.807, 2.05) is 0 Å². The first-order valence-electron chi connectivity index (χ1n) is 3.08. The topological polar surface area (TPSA) is 95.6 Å². The molecule has 0 aliphatic heterocycles. The first-order chi connectivity index (χ1) is 5.70. The van der Waals surface area contributed by atoms with Crippen molar-refractivity contribution >= 4 is 6.41 Å². The molecule has 5 N–H and O–H groups in total. The lowest BCUT2D eigenvalue weighted by molar-refractivity contribution is -0.109. The molecule has 1 aromatic carbocycles. The van der Waals surface area contributed by atoms with Gasteiger partial charge in [0.05, 0.1) is 0 Å². The van der Waals surface area contributed by atoms with Crippen LogP contribution in [0.15, 0.2) is 24.3 Å². The van der Waals surface area contributed by atoms with Crippen molar-refractivity contribution < 1.29 is 15.0 Å². The number of benzene rings is 1. The van der Waals surface area contributed by atoms with E-state index in [-0.39, 0.29) is 11.5 Å². The maximum Gasteiger partial charge on any atom is 0.221 e. The van der Waals surface area contributed by atoms with Crippen molar-refractivity contribution in [1.29, 1.82) is 0 Å². The summed E-state index contributed by atoms with van der Waals surface area (Å²) in [7, 11) is 0. The molecule has 0 spiro atoms. The van der Waals surface area contributed by atoms with E-state index in [9.17, 15) is 0 Å². The molecular formula is C7H10N2O3. The monoisotopic (exact) mass is 170 g/mol. The Balaban J connectivity index is 0.000000261. The zero-order valence-electron chi connectivity index (χ0n) is 6.27. The largest absolute Gasteiger partial charge is 0.508 e. The quantitative estimate of drug-likeness (QED) is 0.153. The van der Waals surface area contributed by atoms with E-state index in [4.69, 9.17) is 15.0 Å². The number of rotatable bonds is 1. The van der Waals surface area contributed by atoms with Crippen molar-refractivity contribution in [2.45, 2.75) is 0 Å². The van der Waals surface area contributed by atoms with Crippen LogP contribution in [0, 0.1) is 0 Å². The van der Waals surface area contributed by atoms with Crippen LogP contribution in [0.1, 0.15) is 0 Å². The zero-order valence-corrected chi connectivity index (χ0v) is 6.27. The average Bonchev–Trinajstić information content (AvgIpc) is 2.11. The Hall–Kier alpha value is -1.75. The van der Waals surface area contributed by atoms with Crippen LogP contribution in [-0.2, 0) is 4.79 Å². The van der Waals surface area contributed by atoms with Crippen molar-refractivity contribution in [3.8, 4) is 11.5 Å². The summed E-state index contributed by atoms with van der Waals surface area (Å²) >= 11 is 0. The van der Waals surface area contributed by atoms with Gasteiger partial charge < -0.3 is 10.2 Å². The summed E-state index contributed by atoms with van der Waals surface area (Å²) in [6, 6.07) is 5.70. The van der Waals surface area contributed by atoms with Gasteiger partial charge in [0, 0.05) is 0 Å². The number of carbonyl (C=O) groups excluding carboxylic acids is 1. The second-order valence-electron chi connectivity index (χ2n) is 1.80. The molecule has 0 atom stereocenters. The maximum atomic E-state index is 8.94. The van der Waals surface area contributed by atoms with Gasteiger partial charge in [0.1, 0.15) is 11.5 Å². The van der Waals surface area contributed by atoms with Crippen molar-refractivity contribution in [3.63, 3.8) is 0 Å². The fourth-order valence-corrected chi connectivity index (χ4v) is 0.453. The van der Waals surface area contributed by atoms with E-state index >= 15 is 0 Å². The fourth-order valence-electron chi connectivity index (χ4n) is 0.453. The van der Waals surface area contributed by atoms with Crippen molar-refractivity contribution in [2.75, 3.05) is 0 Å². The highest BCUT2D eigenvalue weighted by Crippen LogP contribution is 2.13. The van der Waals surface area contributed by atoms with Crippen LogP contribution < -0.4 is 11.3 Å². The number of nitrogens with one attached hydrogen (secondary N) is 1. The number of hydrogen-bond donors (Lipinski definition) is 4. The predicted molar refractivity (Wildman–Crippen MR) is 43.2 cm³/mol. The van der Waals surface area contributed by atoms with Crippen LogP contribution >= 0.6 is 0 Å². The third-order valence-corrected chi connectivity index (χ3v) is 0.918. The fraction of sp³-hybridized carbons (Fsp3) is 0. The van der Waals surface area contributed by atoms with E-state index in [1.54, 1.807) is 5.43 Å². The van der Waals surface area contributed by atoms with Crippen molar-refractivity contribution in [3.05, 3.63) is 24.3 Å². The van der Waals surface area contributed by atoms with E-state index in [0.29, 0.717) is 6.41 Å². The van der Waals surface area contributed by atoms with Gasteiger partial charge in [-0.05, 0) is 24.3 Å². The summed E-state index contributed by atoms with van der Waals surface area (Å²) in [5, 5.41) is 17.3. The Labute approximate surface area is 69.4 Å². The molecule has 66 valence electrons. The van der Waals surface area contributed by atoms with E-state index in [1.165, 1.54) is 24.3 Å². The number of phenolic OH excluding ortho intramolecular Hbond substituents is 2. The lowest BCUT2D eigenvalue weighted by atomic mass is 10.3. The maximum absolute atomic E-state index is 8.94. The van der Waals surface area contributed by atoms with Gasteiger partial charge in [-0.2, -0.15) is 0 Å². The Bertz CT molecular complexity index is 202. The number of carbonyl (C=O) groups is 1. The summed E-state index contributed by atoms with van der Waals surface area (Å²) in [6.45, 7) is 0. The number of hydrogen-bond acceptors (Lipinski definition) is 4. The molecule has 12 heavy (non-hydrogen) atoms. The minimum Gasteiger partial charge on any atom is -0.508 e.